The minimum absolute atomic E-state index is 0.264. The Balaban J connectivity index is 1.94. The lowest BCUT2D eigenvalue weighted by molar-refractivity contribution is 0.0243. The van der Waals surface area contributed by atoms with E-state index in [0.29, 0.717) is 6.04 Å². The Kier molecular flexibility index (Phi) is 3.80. The summed E-state index contributed by atoms with van der Waals surface area (Å²) < 4.78 is 0. The summed E-state index contributed by atoms with van der Waals surface area (Å²) >= 11 is 0. The number of anilines is 1. The molecule has 1 fully saturated rings. The van der Waals surface area contributed by atoms with Crippen molar-refractivity contribution in [2.45, 2.75) is 37.8 Å². The molecule has 1 aliphatic rings. The van der Waals surface area contributed by atoms with E-state index in [1.807, 2.05) is 0 Å². The fraction of sp³-hybridized carbons (Fsp3) is 0.538. The van der Waals surface area contributed by atoms with E-state index in [4.69, 9.17) is 10.7 Å². The summed E-state index contributed by atoms with van der Waals surface area (Å²) in [5.41, 5.74) is 1.29. The van der Waals surface area contributed by atoms with Gasteiger partial charge in [-0.15, -0.1) is 0 Å². The number of benzene rings is 1. The molecule has 2 rings (SSSR count). The first-order valence-electron chi connectivity index (χ1n) is 5.94. The molecule has 0 saturated heterocycles. The monoisotopic (exact) mass is 220 g/mol. The molecular weight excluding hydrogens is 200 g/mol. The van der Waals surface area contributed by atoms with E-state index in [-0.39, 0.29) is 6.10 Å². The van der Waals surface area contributed by atoms with Crippen molar-refractivity contribution >= 4 is 5.69 Å². The fourth-order valence-electron chi connectivity index (χ4n) is 2.44. The van der Waals surface area contributed by atoms with E-state index in [9.17, 15) is 0 Å². The number of nitrogens with two attached hydrogens (primary N) is 1. The lowest BCUT2D eigenvalue weighted by atomic mass is 9.92. The van der Waals surface area contributed by atoms with Crippen LogP contribution >= 0.6 is 0 Å². The Morgan fingerprint density at radius 2 is 1.75 bits per heavy atom. The van der Waals surface area contributed by atoms with Gasteiger partial charge in [0.2, 0.25) is 0 Å². The van der Waals surface area contributed by atoms with E-state index in [1.165, 1.54) is 5.69 Å². The average Bonchev–Trinajstić information content (AvgIpc) is 2.39. The van der Waals surface area contributed by atoms with Gasteiger partial charge in [0.15, 0.2) is 0 Å². The van der Waals surface area contributed by atoms with Gasteiger partial charge >= 0.3 is 0 Å². The second kappa shape index (κ2) is 5.32. The van der Waals surface area contributed by atoms with Crippen molar-refractivity contribution in [2.24, 2.45) is 5.90 Å². The Morgan fingerprint density at radius 3 is 2.31 bits per heavy atom. The molecule has 3 nitrogen and oxygen atoms in total. The van der Waals surface area contributed by atoms with Crippen LogP contribution < -0.4 is 10.8 Å². The van der Waals surface area contributed by atoms with E-state index < -0.39 is 0 Å². The molecule has 0 bridgehead atoms. The minimum atomic E-state index is 0.264. The summed E-state index contributed by atoms with van der Waals surface area (Å²) in [6, 6.07) is 11.2. The van der Waals surface area contributed by atoms with E-state index >= 15 is 0 Å². The van der Waals surface area contributed by atoms with Crippen molar-refractivity contribution < 1.29 is 4.84 Å². The summed E-state index contributed by atoms with van der Waals surface area (Å²) in [4.78, 5) is 7.27. The molecule has 1 saturated carbocycles. The summed E-state index contributed by atoms with van der Waals surface area (Å²) in [7, 11) is 2.17. The fourth-order valence-corrected chi connectivity index (χ4v) is 2.44. The Morgan fingerprint density at radius 1 is 1.12 bits per heavy atom. The van der Waals surface area contributed by atoms with Gasteiger partial charge in [0, 0.05) is 18.8 Å². The standard InChI is InChI=1S/C13H20N2O/c1-15(11-5-3-2-4-6-11)12-7-9-13(16-14)10-8-12/h2-6,12-13H,7-10,14H2,1H3. The first kappa shape index (κ1) is 11.4. The maximum atomic E-state index is 5.22. The maximum Gasteiger partial charge on any atom is 0.0789 e. The number of hydrogen-bond acceptors (Lipinski definition) is 3. The van der Waals surface area contributed by atoms with Crippen LogP contribution in [0.15, 0.2) is 30.3 Å². The lowest BCUT2D eigenvalue weighted by Gasteiger charge is -2.35. The third-order valence-corrected chi connectivity index (χ3v) is 3.55. The first-order chi connectivity index (χ1) is 7.81. The van der Waals surface area contributed by atoms with Crippen molar-refractivity contribution in [3.05, 3.63) is 30.3 Å². The predicted molar refractivity (Wildman–Crippen MR) is 66.2 cm³/mol. The number of nitrogens with zero attached hydrogens (tertiary/aromatic N) is 1. The van der Waals surface area contributed by atoms with Gasteiger partial charge in [-0.2, -0.15) is 0 Å². The molecule has 16 heavy (non-hydrogen) atoms. The van der Waals surface area contributed by atoms with Gasteiger partial charge in [0.05, 0.1) is 6.10 Å². The van der Waals surface area contributed by atoms with Gasteiger partial charge in [-0.25, -0.2) is 5.90 Å². The van der Waals surface area contributed by atoms with Crippen LogP contribution in [0.25, 0.3) is 0 Å². The second-order valence-corrected chi connectivity index (χ2v) is 4.51. The summed E-state index contributed by atoms with van der Waals surface area (Å²) in [5, 5.41) is 0. The van der Waals surface area contributed by atoms with E-state index in [1.54, 1.807) is 0 Å². The van der Waals surface area contributed by atoms with Gasteiger partial charge in [0.1, 0.15) is 0 Å². The van der Waals surface area contributed by atoms with Crippen molar-refractivity contribution in [2.75, 3.05) is 11.9 Å². The average molecular weight is 220 g/mol. The Hall–Kier alpha value is -1.06. The van der Waals surface area contributed by atoms with Crippen LogP contribution in [0.4, 0.5) is 5.69 Å². The van der Waals surface area contributed by atoms with Crippen LogP contribution in [-0.2, 0) is 4.84 Å². The summed E-state index contributed by atoms with van der Waals surface area (Å²) in [5.74, 6) is 5.22. The molecule has 0 unspecified atom stereocenters. The zero-order valence-corrected chi connectivity index (χ0v) is 9.80. The number of hydrogen-bond donors (Lipinski definition) is 1. The topological polar surface area (TPSA) is 38.5 Å². The van der Waals surface area contributed by atoms with Crippen LogP contribution in [0, 0.1) is 0 Å². The van der Waals surface area contributed by atoms with Gasteiger partial charge in [-0.05, 0) is 37.8 Å². The molecule has 2 N–H and O–H groups in total. The zero-order valence-electron chi connectivity index (χ0n) is 9.80. The Labute approximate surface area is 97.1 Å². The van der Waals surface area contributed by atoms with Crippen molar-refractivity contribution in [1.29, 1.82) is 0 Å². The van der Waals surface area contributed by atoms with E-state index in [0.717, 1.165) is 25.7 Å². The van der Waals surface area contributed by atoms with Gasteiger partial charge in [-0.1, -0.05) is 18.2 Å². The van der Waals surface area contributed by atoms with Crippen LogP contribution in [0.3, 0.4) is 0 Å². The summed E-state index contributed by atoms with van der Waals surface area (Å²) in [6.07, 6.45) is 4.72. The molecule has 1 aromatic rings. The molecule has 1 aromatic carbocycles. The molecule has 0 aliphatic heterocycles. The molecular formula is C13H20N2O. The minimum Gasteiger partial charge on any atom is -0.372 e. The summed E-state index contributed by atoms with van der Waals surface area (Å²) in [6.45, 7) is 0. The number of rotatable bonds is 3. The highest BCUT2D eigenvalue weighted by molar-refractivity contribution is 5.46. The third-order valence-electron chi connectivity index (χ3n) is 3.55. The van der Waals surface area contributed by atoms with Crippen LogP contribution in [0.1, 0.15) is 25.7 Å². The highest BCUT2D eigenvalue weighted by atomic mass is 16.6. The molecule has 0 heterocycles. The molecule has 0 aromatic heterocycles. The molecule has 0 atom stereocenters. The first-order valence-corrected chi connectivity index (χ1v) is 5.94. The molecule has 3 heteroatoms. The van der Waals surface area contributed by atoms with Crippen LogP contribution in [0.2, 0.25) is 0 Å². The molecule has 0 spiro atoms. The number of para-hydroxylation sites is 1. The van der Waals surface area contributed by atoms with Crippen molar-refractivity contribution in [3.63, 3.8) is 0 Å². The highest BCUT2D eigenvalue weighted by Gasteiger charge is 2.24. The van der Waals surface area contributed by atoms with Gasteiger partial charge in [-0.3, -0.25) is 0 Å². The second-order valence-electron chi connectivity index (χ2n) is 4.51. The van der Waals surface area contributed by atoms with Gasteiger partial charge < -0.3 is 9.74 Å². The molecule has 0 radical (unpaired) electrons. The zero-order chi connectivity index (χ0) is 11.4. The van der Waals surface area contributed by atoms with Crippen LogP contribution in [0.5, 0.6) is 0 Å². The quantitative estimate of drug-likeness (QED) is 0.794. The van der Waals surface area contributed by atoms with Crippen molar-refractivity contribution in [3.8, 4) is 0 Å². The normalized spacial score (nSPS) is 25.4. The molecule has 0 amide bonds. The van der Waals surface area contributed by atoms with Crippen LogP contribution in [-0.4, -0.2) is 19.2 Å². The maximum absolute atomic E-state index is 5.22. The highest BCUT2D eigenvalue weighted by Crippen LogP contribution is 2.26. The third kappa shape index (κ3) is 2.54. The molecule has 1 aliphatic carbocycles. The Bertz CT molecular complexity index is 307. The lowest BCUT2D eigenvalue weighted by Crippen LogP contribution is -2.37. The smallest absolute Gasteiger partial charge is 0.0789 e. The molecule has 88 valence electrons. The largest absolute Gasteiger partial charge is 0.372 e. The van der Waals surface area contributed by atoms with Gasteiger partial charge in [0.25, 0.3) is 0 Å². The van der Waals surface area contributed by atoms with Crippen molar-refractivity contribution in [1.82, 2.24) is 0 Å². The van der Waals surface area contributed by atoms with E-state index in [2.05, 4.69) is 42.3 Å². The predicted octanol–water partition coefficient (Wildman–Crippen LogP) is 2.32. The SMILES string of the molecule is CN(c1ccccc1)C1CCC(ON)CC1.